The second kappa shape index (κ2) is 5.18. The van der Waals surface area contributed by atoms with Crippen LogP contribution in [-0.4, -0.2) is 12.6 Å². The van der Waals surface area contributed by atoms with E-state index in [4.69, 9.17) is 4.74 Å². The van der Waals surface area contributed by atoms with Crippen LogP contribution in [0.1, 0.15) is 46.0 Å². The van der Waals surface area contributed by atoms with E-state index in [9.17, 15) is 4.79 Å². The van der Waals surface area contributed by atoms with Crippen molar-refractivity contribution in [1.29, 1.82) is 0 Å². The average Bonchev–Trinajstić information content (AvgIpc) is 2.44. The summed E-state index contributed by atoms with van der Waals surface area (Å²) in [7, 11) is 0. The smallest absolute Gasteiger partial charge is 0.312 e. The first kappa shape index (κ1) is 11.3. The molecule has 0 heterocycles. The summed E-state index contributed by atoms with van der Waals surface area (Å²) in [6, 6.07) is 0. The predicted octanol–water partition coefficient (Wildman–Crippen LogP) is 3.08. The van der Waals surface area contributed by atoms with E-state index in [0.29, 0.717) is 6.61 Å². The highest BCUT2D eigenvalue weighted by Crippen LogP contribution is 2.37. The fourth-order valence-electron chi connectivity index (χ4n) is 2.07. The Kier molecular flexibility index (Phi) is 4.18. The van der Waals surface area contributed by atoms with Crippen LogP contribution in [0.2, 0.25) is 0 Å². The maximum atomic E-state index is 11.9. The number of allylic oxidation sites excluding steroid dienone is 2. The van der Waals surface area contributed by atoms with Crippen molar-refractivity contribution in [3.05, 3.63) is 12.2 Å². The standard InChI is InChI=1S/C12H20O2/c1-3-12(11(13)14-4-2)9-7-5-6-8-10-12/h5-6H,3-4,7-10H2,1-2H3. The summed E-state index contributed by atoms with van der Waals surface area (Å²) in [5.41, 5.74) is -0.209. The molecule has 0 bridgehead atoms. The van der Waals surface area contributed by atoms with Gasteiger partial charge >= 0.3 is 5.97 Å². The van der Waals surface area contributed by atoms with Crippen molar-refractivity contribution in [2.75, 3.05) is 6.61 Å². The minimum atomic E-state index is -0.209. The van der Waals surface area contributed by atoms with Gasteiger partial charge in [-0.25, -0.2) is 0 Å². The molecule has 2 heteroatoms. The van der Waals surface area contributed by atoms with E-state index in [-0.39, 0.29) is 11.4 Å². The zero-order valence-electron chi connectivity index (χ0n) is 9.21. The second-order valence-electron chi connectivity index (χ2n) is 3.90. The number of rotatable bonds is 3. The van der Waals surface area contributed by atoms with Gasteiger partial charge in [0, 0.05) is 0 Å². The first-order valence-electron chi connectivity index (χ1n) is 5.57. The van der Waals surface area contributed by atoms with Crippen LogP contribution in [0.5, 0.6) is 0 Å². The Hall–Kier alpha value is -0.790. The summed E-state index contributed by atoms with van der Waals surface area (Å²) in [4.78, 5) is 11.9. The van der Waals surface area contributed by atoms with Gasteiger partial charge in [0.05, 0.1) is 12.0 Å². The monoisotopic (exact) mass is 196 g/mol. The number of hydrogen-bond donors (Lipinski definition) is 0. The van der Waals surface area contributed by atoms with Crippen molar-refractivity contribution < 1.29 is 9.53 Å². The number of ether oxygens (including phenoxy) is 1. The molecule has 0 saturated heterocycles. The van der Waals surface area contributed by atoms with Crippen molar-refractivity contribution in [2.45, 2.75) is 46.0 Å². The zero-order chi connectivity index (χ0) is 10.4. The van der Waals surface area contributed by atoms with Crippen molar-refractivity contribution in [3.63, 3.8) is 0 Å². The lowest BCUT2D eigenvalue weighted by molar-refractivity contribution is -0.156. The van der Waals surface area contributed by atoms with Crippen LogP contribution in [0.25, 0.3) is 0 Å². The lowest BCUT2D eigenvalue weighted by Gasteiger charge is -2.28. The molecule has 0 aromatic carbocycles. The summed E-state index contributed by atoms with van der Waals surface area (Å²) in [6.45, 7) is 4.45. The lowest BCUT2D eigenvalue weighted by atomic mass is 9.78. The second-order valence-corrected chi connectivity index (χ2v) is 3.90. The van der Waals surface area contributed by atoms with Crippen molar-refractivity contribution >= 4 is 5.97 Å². The van der Waals surface area contributed by atoms with E-state index in [0.717, 1.165) is 32.1 Å². The molecule has 1 rings (SSSR count). The van der Waals surface area contributed by atoms with Crippen LogP contribution in [-0.2, 0) is 9.53 Å². The van der Waals surface area contributed by atoms with Gasteiger partial charge in [0.1, 0.15) is 0 Å². The van der Waals surface area contributed by atoms with Gasteiger partial charge in [-0.2, -0.15) is 0 Å². The maximum Gasteiger partial charge on any atom is 0.312 e. The Balaban J connectivity index is 2.68. The molecule has 0 aliphatic heterocycles. The Morgan fingerprint density at radius 1 is 1.29 bits per heavy atom. The third-order valence-corrected chi connectivity index (χ3v) is 3.13. The molecule has 1 aliphatic rings. The van der Waals surface area contributed by atoms with Crippen LogP contribution in [0, 0.1) is 5.41 Å². The van der Waals surface area contributed by atoms with Gasteiger partial charge in [0.2, 0.25) is 0 Å². The van der Waals surface area contributed by atoms with E-state index in [1.165, 1.54) is 0 Å². The van der Waals surface area contributed by atoms with E-state index >= 15 is 0 Å². The molecule has 0 aromatic rings. The molecular formula is C12H20O2. The quantitative estimate of drug-likeness (QED) is 0.512. The van der Waals surface area contributed by atoms with Gasteiger partial charge < -0.3 is 4.74 Å². The van der Waals surface area contributed by atoms with Gasteiger partial charge in [-0.05, 0) is 39.0 Å². The van der Waals surface area contributed by atoms with Crippen molar-refractivity contribution in [3.8, 4) is 0 Å². The number of esters is 1. The van der Waals surface area contributed by atoms with E-state index in [2.05, 4.69) is 19.1 Å². The molecule has 0 atom stereocenters. The fraction of sp³-hybridized carbons (Fsp3) is 0.750. The summed E-state index contributed by atoms with van der Waals surface area (Å²) < 4.78 is 5.16. The van der Waals surface area contributed by atoms with Gasteiger partial charge in [-0.3, -0.25) is 4.79 Å². The van der Waals surface area contributed by atoms with Crippen LogP contribution < -0.4 is 0 Å². The van der Waals surface area contributed by atoms with Crippen LogP contribution in [0.4, 0.5) is 0 Å². The van der Waals surface area contributed by atoms with Gasteiger partial charge in [0.25, 0.3) is 0 Å². The molecule has 2 nitrogen and oxygen atoms in total. The van der Waals surface area contributed by atoms with Gasteiger partial charge in [-0.15, -0.1) is 0 Å². The number of carbonyl (C=O) groups excluding carboxylic acids is 1. The lowest BCUT2D eigenvalue weighted by Crippen LogP contribution is -2.32. The fourth-order valence-corrected chi connectivity index (χ4v) is 2.07. The van der Waals surface area contributed by atoms with Gasteiger partial charge in [0.15, 0.2) is 0 Å². The molecule has 0 radical (unpaired) electrons. The largest absolute Gasteiger partial charge is 0.466 e. The molecule has 0 fully saturated rings. The van der Waals surface area contributed by atoms with E-state index in [1.807, 2.05) is 6.92 Å². The Morgan fingerprint density at radius 3 is 2.29 bits per heavy atom. The molecular weight excluding hydrogens is 176 g/mol. The SMILES string of the molecule is CCOC(=O)C1(CC)CCC=CCC1. The van der Waals surface area contributed by atoms with E-state index < -0.39 is 0 Å². The van der Waals surface area contributed by atoms with Crippen LogP contribution >= 0.6 is 0 Å². The Bertz CT molecular complexity index is 208. The summed E-state index contributed by atoms with van der Waals surface area (Å²) in [5.74, 6) is 0.00574. The zero-order valence-corrected chi connectivity index (χ0v) is 9.21. The summed E-state index contributed by atoms with van der Waals surface area (Å²) >= 11 is 0. The summed E-state index contributed by atoms with van der Waals surface area (Å²) in [6.07, 6.45) is 9.15. The molecule has 0 amide bonds. The Morgan fingerprint density at radius 2 is 1.86 bits per heavy atom. The van der Waals surface area contributed by atoms with Crippen molar-refractivity contribution in [1.82, 2.24) is 0 Å². The Labute approximate surface area is 86.3 Å². The third-order valence-electron chi connectivity index (χ3n) is 3.13. The molecule has 0 unspecified atom stereocenters. The minimum absolute atomic E-state index is 0.00574. The third kappa shape index (κ3) is 2.37. The highest BCUT2D eigenvalue weighted by molar-refractivity contribution is 5.76. The first-order valence-corrected chi connectivity index (χ1v) is 5.57. The topological polar surface area (TPSA) is 26.3 Å². The maximum absolute atomic E-state index is 11.9. The molecule has 0 N–H and O–H groups in total. The van der Waals surface area contributed by atoms with Crippen molar-refractivity contribution in [2.24, 2.45) is 5.41 Å². The van der Waals surface area contributed by atoms with Crippen LogP contribution in [0.15, 0.2) is 12.2 Å². The molecule has 1 aliphatic carbocycles. The number of hydrogen-bond acceptors (Lipinski definition) is 2. The highest BCUT2D eigenvalue weighted by Gasteiger charge is 2.37. The molecule has 14 heavy (non-hydrogen) atoms. The molecule has 0 spiro atoms. The molecule has 0 saturated carbocycles. The molecule has 0 aromatic heterocycles. The predicted molar refractivity (Wildman–Crippen MR) is 57.0 cm³/mol. The highest BCUT2D eigenvalue weighted by atomic mass is 16.5. The number of carbonyl (C=O) groups is 1. The molecule has 80 valence electrons. The minimum Gasteiger partial charge on any atom is -0.466 e. The summed E-state index contributed by atoms with van der Waals surface area (Å²) in [5, 5.41) is 0. The normalized spacial score (nSPS) is 20.1. The first-order chi connectivity index (χ1) is 6.75. The van der Waals surface area contributed by atoms with E-state index in [1.54, 1.807) is 0 Å². The average molecular weight is 196 g/mol. The van der Waals surface area contributed by atoms with Crippen LogP contribution in [0.3, 0.4) is 0 Å². The van der Waals surface area contributed by atoms with Gasteiger partial charge in [-0.1, -0.05) is 19.1 Å².